The van der Waals surface area contributed by atoms with Crippen molar-refractivity contribution in [3.8, 4) is 0 Å². The van der Waals surface area contributed by atoms with Crippen molar-refractivity contribution in [3.05, 3.63) is 35.9 Å². The lowest BCUT2D eigenvalue weighted by Gasteiger charge is -2.22. The molecule has 0 N–H and O–H groups in total. The number of hydrogen-bond donors (Lipinski definition) is 0. The Kier molecular flexibility index (Phi) is 4.11. The molecule has 1 aromatic rings. The van der Waals surface area contributed by atoms with E-state index in [0.29, 0.717) is 12.5 Å². The highest BCUT2D eigenvalue weighted by Gasteiger charge is 2.15. The second kappa shape index (κ2) is 5.80. The van der Waals surface area contributed by atoms with E-state index in [0.717, 1.165) is 25.0 Å². The van der Waals surface area contributed by atoms with Gasteiger partial charge in [-0.3, -0.25) is 4.79 Å². The average molecular weight is 218 g/mol. The third-order valence-electron chi connectivity index (χ3n) is 3.06. The minimum atomic E-state index is 0.231. The highest BCUT2D eigenvalue weighted by atomic mass is 16.5. The predicted octanol–water partition coefficient (Wildman–Crippen LogP) is 3.22. The van der Waals surface area contributed by atoms with Crippen molar-refractivity contribution < 1.29 is 9.53 Å². The number of carbonyl (C=O) groups is 1. The van der Waals surface area contributed by atoms with Gasteiger partial charge in [0, 0.05) is 18.6 Å². The summed E-state index contributed by atoms with van der Waals surface area (Å²) >= 11 is 0. The molecule has 0 radical (unpaired) electrons. The maximum Gasteiger partial charge on any atom is 0.162 e. The first-order valence-electron chi connectivity index (χ1n) is 6.06. The summed E-state index contributed by atoms with van der Waals surface area (Å²) in [6, 6.07) is 9.50. The molecule has 16 heavy (non-hydrogen) atoms. The van der Waals surface area contributed by atoms with E-state index in [1.807, 2.05) is 30.3 Å². The molecule has 1 saturated heterocycles. The van der Waals surface area contributed by atoms with Crippen LogP contribution < -0.4 is 0 Å². The van der Waals surface area contributed by atoms with Crippen molar-refractivity contribution in [2.45, 2.75) is 38.2 Å². The van der Waals surface area contributed by atoms with Crippen molar-refractivity contribution in [1.29, 1.82) is 0 Å². The van der Waals surface area contributed by atoms with E-state index in [4.69, 9.17) is 4.74 Å². The van der Waals surface area contributed by atoms with Crippen LogP contribution in [-0.4, -0.2) is 18.5 Å². The van der Waals surface area contributed by atoms with Crippen molar-refractivity contribution in [2.24, 2.45) is 0 Å². The molecule has 1 atom stereocenters. The van der Waals surface area contributed by atoms with Crippen LogP contribution in [0.2, 0.25) is 0 Å². The van der Waals surface area contributed by atoms with Crippen LogP contribution in [0.25, 0.3) is 0 Å². The molecule has 2 heteroatoms. The van der Waals surface area contributed by atoms with Gasteiger partial charge in [0.25, 0.3) is 0 Å². The summed E-state index contributed by atoms with van der Waals surface area (Å²) in [5.41, 5.74) is 0.818. The second-order valence-corrected chi connectivity index (χ2v) is 4.32. The van der Waals surface area contributed by atoms with Crippen LogP contribution in [0.1, 0.15) is 42.5 Å². The molecule has 1 heterocycles. The molecule has 0 spiro atoms. The van der Waals surface area contributed by atoms with E-state index in [-0.39, 0.29) is 5.78 Å². The zero-order chi connectivity index (χ0) is 11.2. The smallest absolute Gasteiger partial charge is 0.162 e. The lowest BCUT2D eigenvalue weighted by Crippen LogP contribution is -2.19. The van der Waals surface area contributed by atoms with Gasteiger partial charge in [0.1, 0.15) is 0 Å². The molecule has 0 aromatic heterocycles. The van der Waals surface area contributed by atoms with Crippen LogP contribution in [0.15, 0.2) is 30.3 Å². The average Bonchev–Trinajstić information content (AvgIpc) is 2.38. The molecule has 2 nitrogen and oxygen atoms in total. The number of rotatable bonds is 4. The van der Waals surface area contributed by atoms with E-state index in [2.05, 4.69) is 0 Å². The Morgan fingerprint density at radius 3 is 2.75 bits per heavy atom. The van der Waals surface area contributed by atoms with Crippen molar-refractivity contribution >= 4 is 5.78 Å². The third-order valence-corrected chi connectivity index (χ3v) is 3.06. The van der Waals surface area contributed by atoms with E-state index in [1.165, 1.54) is 12.8 Å². The number of ether oxygens (including phenoxy) is 1. The van der Waals surface area contributed by atoms with Gasteiger partial charge in [-0.25, -0.2) is 0 Å². The van der Waals surface area contributed by atoms with Gasteiger partial charge >= 0.3 is 0 Å². The molecule has 0 bridgehead atoms. The molecule has 1 aliphatic rings. The molecule has 0 amide bonds. The largest absolute Gasteiger partial charge is 0.378 e. The van der Waals surface area contributed by atoms with E-state index < -0.39 is 0 Å². The summed E-state index contributed by atoms with van der Waals surface area (Å²) in [6.45, 7) is 0.865. The fourth-order valence-corrected chi connectivity index (χ4v) is 2.10. The number of Topliss-reactive ketones (excluding diaryl/α,β-unsaturated/α-hetero) is 1. The molecule has 1 unspecified atom stereocenters. The normalized spacial score (nSPS) is 20.6. The van der Waals surface area contributed by atoms with Gasteiger partial charge < -0.3 is 4.74 Å². The standard InChI is InChI=1S/C14H18O2/c15-14(12-6-2-1-3-7-12)10-9-13-8-4-5-11-16-13/h1-3,6-7,13H,4-5,8-11H2. The number of ketones is 1. The molecular formula is C14H18O2. The van der Waals surface area contributed by atoms with Crippen molar-refractivity contribution in [3.63, 3.8) is 0 Å². The number of carbonyl (C=O) groups excluding carboxylic acids is 1. The van der Waals surface area contributed by atoms with Crippen LogP contribution in [0, 0.1) is 0 Å². The summed E-state index contributed by atoms with van der Waals surface area (Å²) < 4.78 is 5.61. The maximum absolute atomic E-state index is 11.8. The number of benzene rings is 1. The SMILES string of the molecule is O=C(CCC1CCCCO1)c1ccccc1. The predicted molar refractivity (Wildman–Crippen MR) is 63.6 cm³/mol. The van der Waals surface area contributed by atoms with E-state index in [9.17, 15) is 4.79 Å². The van der Waals surface area contributed by atoms with Gasteiger partial charge in [-0.1, -0.05) is 30.3 Å². The van der Waals surface area contributed by atoms with Crippen molar-refractivity contribution in [1.82, 2.24) is 0 Å². The summed E-state index contributed by atoms with van der Waals surface area (Å²) in [6.07, 6.45) is 5.30. The third kappa shape index (κ3) is 3.17. The minimum Gasteiger partial charge on any atom is -0.378 e. The summed E-state index contributed by atoms with van der Waals surface area (Å²) in [4.78, 5) is 11.8. The second-order valence-electron chi connectivity index (χ2n) is 4.32. The van der Waals surface area contributed by atoms with Gasteiger partial charge in [-0.05, 0) is 25.7 Å². The lowest BCUT2D eigenvalue weighted by atomic mass is 10.0. The molecule has 0 aliphatic carbocycles. The maximum atomic E-state index is 11.8. The summed E-state index contributed by atoms with van der Waals surface area (Å²) in [5, 5.41) is 0. The quantitative estimate of drug-likeness (QED) is 0.725. The van der Waals surface area contributed by atoms with Gasteiger partial charge in [0.2, 0.25) is 0 Å². The highest BCUT2D eigenvalue weighted by molar-refractivity contribution is 5.95. The van der Waals surface area contributed by atoms with Crippen LogP contribution in [0.5, 0.6) is 0 Å². The highest BCUT2D eigenvalue weighted by Crippen LogP contribution is 2.18. The molecule has 0 saturated carbocycles. The first-order chi connectivity index (χ1) is 7.86. The van der Waals surface area contributed by atoms with Gasteiger partial charge in [0.15, 0.2) is 5.78 Å². The molecule has 86 valence electrons. The fourth-order valence-electron chi connectivity index (χ4n) is 2.10. The van der Waals surface area contributed by atoms with Crippen LogP contribution in [-0.2, 0) is 4.74 Å². The van der Waals surface area contributed by atoms with Gasteiger partial charge in [-0.2, -0.15) is 0 Å². The number of hydrogen-bond acceptors (Lipinski definition) is 2. The molecule has 2 rings (SSSR count). The molecular weight excluding hydrogens is 200 g/mol. The Morgan fingerprint density at radius 2 is 2.06 bits per heavy atom. The summed E-state index contributed by atoms with van der Waals surface area (Å²) in [5.74, 6) is 0.231. The van der Waals surface area contributed by atoms with Gasteiger partial charge in [0.05, 0.1) is 6.10 Å². The van der Waals surface area contributed by atoms with E-state index in [1.54, 1.807) is 0 Å². The Balaban J connectivity index is 1.79. The first-order valence-corrected chi connectivity index (χ1v) is 6.06. The monoisotopic (exact) mass is 218 g/mol. The Bertz CT molecular complexity index is 326. The Labute approximate surface area is 96.6 Å². The Morgan fingerprint density at radius 1 is 1.25 bits per heavy atom. The van der Waals surface area contributed by atoms with Crippen LogP contribution in [0.3, 0.4) is 0 Å². The van der Waals surface area contributed by atoms with E-state index >= 15 is 0 Å². The molecule has 1 aliphatic heterocycles. The minimum absolute atomic E-state index is 0.231. The van der Waals surface area contributed by atoms with Crippen LogP contribution in [0.4, 0.5) is 0 Å². The Hall–Kier alpha value is -1.15. The fraction of sp³-hybridized carbons (Fsp3) is 0.500. The summed E-state index contributed by atoms with van der Waals surface area (Å²) in [7, 11) is 0. The zero-order valence-electron chi connectivity index (χ0n) is 9.52. The van der Waals surface area contributed by atoms with Crippen LogP contribution >= 0.6 is 0 Å². The van der Waals surface area contributed by atoms with Gasteiger partial charge in [-0.15, -0.1) is 0 Å². The molecule has 1 aromatic carbocycles. The molecule has 1 fully saturated rings. The van der Waals surface area contributed by atoms with Crippen molar-refractivity contribution in [2.75, 3.05) is 6.61 Å². The first kappa shape index (κ1) is 11.3. The lowest BCUT2D eigenvalue weighted by molar-refractivity contribution is 0.0104. The topological polar surface area (TPSA) is 26.3 Å². The zero-order valence-corrected chi connectivity index (χ0v) is 9.52.